The first kappa shape index (κ1) is 22.0. The summed E-state index contributed by atoms with van der Waals surface area (Å²) in [6, 6.07) is 16.2. The Balaban J connectivity index is 0.000000755. The van der Waals surface area contributed by atoms with Gasteiger partial charge in [0, 0.05) is 17.0 Å². The van der Waals surface area contributed by atoms with Crippen LogP contribution in [0.2, 0.25) is 5.02 Å². The number of aryl methyl sites for hydroxylation is 2. The molecule has 0 radical (unpaired) electrons. The van der Waals surface area contributed by atoms with E-state index in [-0.39, 0.29) is 13.1 Å². The first-order valence-electron chi connectivity index (χ1n) is 8.76. The molecular weight excluding hydrogens is 468 g/mol. The molecule has 0 unspecified atom stereocenters. The van der Waals surface area contributed by atoms with Crippen molar-refractivity contribution in [2.75, 3.05) is 0 Å². The fraction of sp³-hybridized carbons (Fsp3) is 0.136. The molecule has 0 aliphatic heterocycles. The van der Waals surface area contributed by atoms with Gasteiger partial charge in [-0.3, -0.25) is 4.98 Å². The van der Waals surface area contributed by atoms with Crippen molar-refractivity contribution >= 4 is 65.0 Å². The fourth-order valence-corrected chi connectivity index (χ4v) is 3.56. The molecule has 0 bridgehead atoms. The molecule has 0 saturated carbocycles. The molecule has 0 fully saturated rings. The van der Waals surface area contributed by atoms with E-state index in [4.69, 9.17) is 41.8 Å². The van der Waals surface area contributed by atoms with Gasteiger partial charge in [0.15, 0.2) is 0 Å². The van der Waals surface area contributed by atoms with Crippen molar-refractivity contribution in [1.29, 1.82) is 0 Å². The van der Waals surface area contributed by atoms with Crippen molar-refractivity contribution in [3.05, 3.63) is 76.6 Å². The Bertz CT molecular complexity index is 1190. The molecule has 0 aliphatic rings. The Morgan fingerprint density at radius 1 is 0.966 bits per heavy atom. The van der Waals surface area contributed by atoms with Crippen molar-refractivity contribution in [3.8, 4) is 0 Å². The zero-order valence-corrected chi connectivity index (χ0v) is 19.4. The molecular formula is C22H18Cl3FeN3. The molecule has 2 heterocycles. The molecule has 0 amide bonds. The zero-order chi connectivity index (χ0) is 21.0. The van der Waals surface area contributed by atoms with E-state index in [1.807, 2.05) is 45.0 Å². The third-order valence-corrected chi connectivity index (χ3v) is 4.77. The van der Waals surface area contributed by atoms with Crippen LogP contribution in [0.25, 0.3) is 21.8 Å². The van der Waals surface area contributed by atoms with Gasteiger partial charge in [-0.25, -0.2) is 9.98 Å². The van der Waals surface area contributed by atoms with Gasteiger partial charge >= 0.3 is 33.3 Å². The average Bonchev–Trinajstić information content (AvgIpc) is 2.70. The number of hydrogen-bond donors (Lipinski definition) is 0. The van der Waals surface area contributed by atoms with Crippen LogP contribution < -0.4 is 0 Å². The van der Waals surface area contributed by atoms with Crippen LogP contribution in [0.1, 0.15) is 23.7 Å². The Morgan fingerprint density at radius 2 is 1.62 bits per heavy atom. The normalized spacial score (nSPS) is 11.6. The van der Waals surface area contributed by atoms with Gasteiger partial charge in [-0.2, -0.15) is 0 Å². The summed E-state index contributed by atoms with van der Waals surface area (Å²) in [7, 11) is 9.53. The van der Waals surface area contributed by atoms with Gasteiger partial charge < -0.3 is 0 Å². The van der Waals surface area contributed by atoms with Crippen molar-refractivity contribution in [3.63, 3.8) is 0 Å². The number of nitrogens with zero attached hydrogens (tertiary/aromatic N) is 3. The molecule has 0 atom stereocenters. The number of halogens is 3. The summed E-state index contributed by atoms with van der Waals surface area (Å²) >= 11 is 6.60. The summed E-state index contributed by atoms with van der Waals surface area (Å²) < 4.78 is 0. The Morgan fingerprint density at radius 3 is 2.31 bits per heavy atom. The topological polar surface area (TPSA) is 38.1 Å². The van der Waals surface area contributed by atoms with Gasteiger partial charge in [0.05, 0.1) is 33.1 Å². The predicted octanol–water partition coefficient (Wildman–Crippen LogP) is 7.57. The number of benzene rings is 2. The number of fused-ring (bicyclic) bond motifs is 3. The second kappa shape index (κ2) is 9.88. The summed E-state index contributed by atoms with van der Waals surface area (Å²) in [6.45, 7) is 6.01. The molecule has 150 valence electrons. The van der Waals surface area contributed by atoms with E-state index < -0.39 is 0 Å². The van der Waals surface area contributed by atoms with Gasteiger partial charge in [0.1, 0.15) is 0 Å². The van der Waals surface area contributed by atoms with Gasteiger partial charge in [-0.15, -0.1) is 0 Å². The van der Waals surface area contributed by atoms with Gasteiger partial charge in [0.2, 0.25) is 0 Å². The minimum absolute atomic E-state index is 0.194. The maximum atomic E-state index is 6.40. The van der Waals surface area contributed by atoms with E-state index >= 15 is 0 Å². The molecule has 29 heavy (non-hydrogen) atoms. The van der Waals surface area contributed by atoms with Crippen LogP contribution in [-0.2, 0) is 13.1 Å². The quantitative estimate of drug-likeness (QED) is 0.166. The van der Waals surface area contributed by atoms with Gasteiger partial charge in [-0.05, 0) is 50.1 Å². The van der Waals surface area contributed by atoms with Crippen LogP contribution >= 0.6 is 31.8 Å². The molecule has 4 aromatic rings. The van der Waals surface area contributed by atoms with E-state index in [2.05, 4.69) is 29.2 Å². The fourth-order valence-electron chi connectivity index (χ4n) is 3.20. The molecule has 7 heteroatoms. The van der Waals surface area contributed by atoms with Crippen molar-refractivity contribution in [1.82, 2.24) is 9.97 Å². The Kier molecular flexibility index (Phi) is 7.50. The van der Waals surface area contributed by atoms with Crippen LogP contribution in [0.4, 0.5) is 5.69 Å². The summed E-state index contributed by atoms with van der Waals surface area (Å²) in [4.78, 5) is 14.1. The van der Waals surface area contributed by atoms with E-state index in [1.54, 1.807) is 6.20 Å². The number of rotatable bonds is 2. The number of aromatic nitrogens is 2. The van der Waals surface area contributed by atoms with Crippen LogP contribution in [0, 0.1) is 13.8 Å². The first-order valence-corrected chi connectivity index (χ1v) is 12.2. The minimum atomic E-state index is 0.194. The number of hydrogen-bond acceptors (Lipinski definition) is 3. The van der Waals surface area contributed by atoms with E-state index in [0.717, 1.165) is 50.0 Å². The van der Waals surface area contributed by atoms with Crippen LogP contribution in [-0.4, -0.2) is 15.7 Å². The average molecular weight is 487 g/mol. The van der Waals surface area contributed by atoms with Gasteiger partial charge in [-0.1, -0.05) is 41.9 Å². The summed E-state index contributed by atoms with van der Waals surface area (Å²) in [5.41, 5.74) is 6.44. The molecule has 2 aromatic carbocycles. The molecule has 0 saturated heterocycles. The molecule has 4 rings (SSSR count). The van der Waals surface area contributed by atoms with Crippen molar-refractivity contribution in [2.45, 2.75) is 20.8 Å². The van der Waals surface area contributed by atoms with E-state index in [1.165, 1.54) is 0 Å². The first-order chi connectivity index (χ1) is 13.9. The molecule has 0 aliphatic carbocycles. The summed E-state index contributed by atoms with van der Waals surface area (Å²) in [6.07, 6.45) is 1.80. The van der Waals surface area contributed by atoms with Crippen LogP contribution in [0.3, 0.4) is 0 Å². The van der Waals surface area contributed by atoms with Crippen LogP contribution in [0.15, 0.2) is 59.7 Å². The maximum absolute atomic E-state index is 6.40. The molecule has 0 spiro atoms. The van der Waals surface area contributed by atoms with Crippen molar-refractivity contribution < 1.29 is 13.1 Å². The Labute approximate surface area is 189 Å². The van der Waals surface area contributed by atoms with E-state index in [9.17, 15) is 0 Å². The zero-order valence-electron chi connectivity index (χ0n) is 16.0. The molecule has 3 nitrogen and oxygen atoms in total. The molecule has 2 aromatic heterocycles. The van der Waals surface area contributed by atoms with E-state index in [0.29, 0.717) is 5.02 Å². The summed E-state index contributed by atoms with van der Waals surface area (Å²) in [5.74, 6) is 0. The molecule has 0 N–H and O–H groups in total. The summed E-state index contributed by atoms with van der Waals surface area (Å²) in [5, 5.41) is 2.81. The van der Waals surface area contributed by atoms with Gasteiger partial charge in [0.25, 0.3) is 0 Å². The number of aliphatic imine (C=N–C) groups is 1. The second-order valence-corrected chi connectivity index (χ2v) is 8.80. The van der Waals surface area contributed by atoms with Crippen molar-refractivity contribution in [2.24, 2.45) is 4.99 Å². The Hall–Kier alpha value is -1.68. The third-order valence-electron chi connectivity index (χ3n) is 4.48. The predicted molar refractivity (Wildman–Crippen MR) is 122 cm³/mol. The van der Waals surface area contributed by atoms with Crippen LogP contribution in [0.5, 0.6) is 0 Å². The number of pyridine rings is 2. The SMILES string of the molecule is CC(=Nc1c(C)cc(C)cc1Cl)c1ccc2ccc3cccnc3c2n1.[Cl][Fe][Cl]. The monoisotopic (exact) mass is 485 g/mol. The third kappa shape index (κ3) is 5.09. The second-order valence-electron chi connectivity index (χ2n) is 6.57. The standard InChI is InChI=1S/C22H18ClN3.2ClH.Fe/c1-13-11-14(2)20(18(23)12-13)25-15(3)19-9-8-17-7-6-16-5-4-10-24-21(16)22(17)26-19;;;/h4-12H,1-3H3;2*1H;/q;;;+2/p-2.